The highest BCUT2D eigenvalue weighted by Crippen LogP contribution is 2.69. The van der Waals surface area contributed by atoms with Gasteiger partial charge in [0, 0.05) is 19.3 Å². The third-order valence-electron chi connectivity index (χ3n) is 10.7. The highest BCUT2D eigenvalue weighted by molar-refractivity contribution is 9.09. The van der Waals surface area contributed by atoms with Crippen molar-refractivity contribution in [3.63, 3.8) is 0 Å². The average Bonchev–Trinajstić information content (AvgIpc) is 3.11. The second-order valence-electron chi connectivity index (χ2n) is 12.0. The molecule has 0 radical (unpaired) electrons. The predicted molar refractivity (Wildman–Crippen MR) is 129 cm³/mol. The van der Waals surface area contributed by atoms with E-state index in [0.29, 0.717) is 47.3 Å². The molecule has 0 heterocycles. The molecule has 0 aromatic rings. The predicted octanol–water partition coefficient (Wildman–Crippen LogP) is 6.54. The van der Waals surface area contributed by atoms with Crippen molar-refractivity contribution in [1.29, 1.82) is 0 Å². The fourth-order valence-electron chi connectivity index (χ4n) is 9.19. The molecule has 4 rings (SSSR count). The first-order chi connectivity index (χ1) is 15.1. The van der Waals surface area contributed by atoms with Crippen LogP contribution in [0.3, 0.4) is 0 Å². The lowest BCUT2D eigenvalue weighted by Gasteiger charge is -2.63. The number of fused-ring (bicyclic) bond motifs is 5. The molecule has 0 bridgehead atoms. The fourth-order valence-corrected chi connectivity index (χ4v) is 10.5. The van der Waals surface area contributed by atoms with Gasteiger partial charge in [0.15, 0.2) is 0 Å². The summed E-state index contributed by atoms with van der Waals surface area (Å²) < 4.78 is 11.1. The zero-order chi connectivity index (χ0) is 23.3. The Hall–Kier alpha value is -0.580. The number of carbonyl (C=O) groups excluding carboxylic acids is 2. The number of carbonyl (C=O) groups is 2. The largest absolute Gasteiger partial charge is 0.469 e. The van der Waals surface area contributed by atoms with Crippen LogP contribution in [0.1, 0.15) is 91.9 Å². The van der Waals surface area contributed by atoms with Crippen LogP contribution in [-0.2, 0) is 19.1 Å². The van der Waals surface area contributed by atoms with Gasteiger partial charge in [0.05, 0.1) is 11.9 Å². The van der Waals surface area contributed by atoms with Gasteiger partial charge in [0.2, 0.25) is 0 Å². The molecule has 0 saturated heterocycles. The van der Waals surface area contributed by atoms with Gasteiger partial charge in [-0.1, -0.05) is 49.5 Å². The summed E-state index contributed by atoms with van der Waals surface area (Å²) in [5, 5.41) is 0. The van der Waals surface area contributed by atoms with Crippen molar-refractivity contribution in [2.45, 2.75) is 103 Å². The Bertz CT molecular complexity index is 724. The second-order valence-corrected chi connectivity index (χ2v) is 13.0. The van der Waals surface area contributed by atoms with Crippen LogP contribution in [0, 0.1) is 46.3 Å². The van der Waals surface area contributed by atoms with E-state index in [-0.39, 0.29) is 28.3 Å². The molecular weight excluding hydrogens is 468 g/mol. The number of ether oxygens (including phenoxy) is 2. The molecule has 10 atom stereocenters. The van der Waals surface area contributed by atoms with Crippen LogP contribution in [0.15, 0.2) is 0 Å². The van der Waals surface area contributed by atoms with Gasteiger partial charge < -0.3 is 9.47 Å². The lowest BCUT2D eigenvalue weighted by Crippen LogP contribution is -2.62. The van der Waals surface area contributed by atoms with Crippen molar-refractivity contribution < 1.29 is 19.1 Å². The Kier molecular flexibility index (Phi) is 7.08. The van der Waals surface area contributed by atoms with Gasteiger partial charge >= 0.3 is 11.9 Å². The molecule has 32 heavy (non-hydrogen) atoms. The zero-order valence-corrected chi connectivity index (χ0v) is 22.3. The van der Waals surface area contributed by atoms with E-state index in [9.17, 15) is 9.59 Å². The Balaban J connectivity index is 1.63. The number of methoxy groups -OCH3 is 1. The third kappa shape index (κ3) is 3.96. The first-order valence-electron chi connectivity index (χ1n) is 13.0. The van der Waals surface area contributed by atoms with E-state index >= 15 is 0 Å². The molecule has 0 N–H and O–H groups in total. The van der Waals surface area contributed by atoms with Crippen molar-refractivity contribution in [2.75, 3.05) is 7.11 Å². The van der Waals surface area contributed by atoms with Crippen molar-refractivity contribution in [3.05, 3.63) is 0 Å². The number of hydrogen-bond donors (Lipinski definition) is 0. The number of halogens is 1. The van der Waals surface area contributed by atoms with E-state index in [2.05, 4.69) is 36.7 Å². The van der Waals surface area contributed by atoms with E-state index in [0.717, 1.165) is 6.42 Å². The molecule has 0 unspecified atom stereocenters. The highest BCUT2D eigenvalue weighted by Gasteiger charge is 2.65. The maximum absolute atomic E-state index is 12.2. The van der Waals surface area contributed by atoms with E-state index < -0.39 is 0 Å². The highest BCUT2D eigenvalue weighted by atomic mass is 79.9. The topological polar surface area (TPSA) is 52.6 Å². The summed E-state index contributed by atoms with van der Waals surface area (Å²) in [6.45, 7) is 8.99. The van der Waals surface area contributed by atoms with Crippen LogP contribution >= 0.6 is 15.9 Å². The first-order valence-corrected chi connectivity index (χ1v) is 13.9. The number of alkyl halides is 1. The summed E-state index contributed by atoms with van der Waals surface area (Å²) in [6, 6.07) is 0. The Labute approximate surface area is 203 Å². The normalized spacial score (nSPS) is 46.4. The third-order valence-corrected chi connectivity index (χ3v) is 11.8. The van der Waals surface area contributed by atoms with E-state index in [1.807, 2.05) is 0 Å². The van der Waals surface area contributed by atoms with Crippen molar-refractivity contribution in [3.8, 4) is 0 Å². The molecule has 4 saturated carbocycles. The first kappa shape index (κ1) is 24.5. The maximum atomic E-state index is 12.2. The Morgan fingerprint density at radius 1 is 1.00 bits per heavy atom. The van der Waals surface area contributed by atoms with Gasteiger partial charge in [-0.2, -0.15) is 0 Å². The molecule has 0 amide bonds. The fraction of sp³-hybridized carbons (Fsp3) is 0.926. The molecule has 182 valence electrons. The molecule has 4 aliphatic rings. The SMILES string of the molecule is COC(=O)CC[C@H](C)[C@H]1CC[C@@H]2[C@H]3[C@H](OC(C)=O)[C@H](Br)[C@@H]4CCCC[C@]4(C)[C@@H]3CC[C@@]21C. The minimum Gasteiger partial charge on any atom is -0.469 e. The van der Waals surface area contributed by atoms with Gasteiger partial charge in [0.25, 0.3) is 0 Å². The quantitative estimate of drug-likeness (QED) is 0.311. The molecule has 4 nitrogen and oxygen atoms in total. The van der Waals surface area contributed by atoms with Gasteiger partial charge in [-0.15, -0.1) is 0 Å². The van der Waals surface area contributed by atoms with Gasteiger partial charge in [-0.05, 0) is 85.4 Å². The van der Waals surface area contributed by atoms with Crippen molar-refractivity contribution in [2.24, 2.45) is 46.3 Å². The molecule has 4 fully saturated rings. The average molecular weight is 512 g/mol. The zero-order valence-electron chi connectivity index (χ0n) is 20.7. The minimum atomic E-state index is -0.133. The molecule has 4 aliphatic carbocycles. The van der Waals surface area contributed by atoms with Crippen LogP contribution in [-0.4, -0.2) is 30.0 Å². The summed E-state index contributed by atoms with van der Waals surface area (Å²) in [5.74, 6) is 3.19. The standard InChI is InChI=1S/C27H43BrO4/c1-16(9-12-22(30)31-5)18-10-11-19-23-20(13-15-27(18,19)4)26(3)14-7-6-8-21(26)24(28)25(23)32-17(2)29/h16,18-21,23-25H,6-15H2,1-5H3/t16-,18+,19+,20+,21-,23+,24+,25-,26+,27+/m0/s1. The summed E-state index contributed by atoms with van der Waals surface area (Å²) >= 11 is 4.10. The van der Waals surface area contributed by atoms with Crippen molar-refractivity contribution >= 4 is 27.9 Å². The Morgan fingerprint density at radius 2 is 1.72 bits per heavy atom. The van der Waals surface area contributed by atoms with Crippen LogP contribution in [0.25, 0.3) is 0 Å². The van der Waals surface area contributed by atoms with Gasteiger partial charge in [0.1, 0.15) is 6.10 Å². The van der Waals surface area contributed by atoms with E-state index in [1.165, 1.54) is 58.5 Å². The number of esters is 2. The lowest BCUT2D eigenvalue weighted by atomic mass is 9.43. The van der Waals surface area contributed by atoms with Gasteiger partial charge in [-0.25, -0.2) is 0 Å². The Morgan fingerprint density at radius 3 is 2.41 bits per heavy atom. The van der Waals surface area contributed by atoms with E-state index in [4.69, 9.17) is 9.47 Å². The van der Waals surface area contributed by atoms with Gasteiger partial charge in [-0.3, -0.25) is 9.59 Å². The van der Waals surface area contributed by atoms with Crippen LogP contribution in [0.5, 0.6) is 0 Å². The summed E-state index contributed by atoms with van der Waals surface area (Å²) in [6.07, 6.45) is 11.6. The molecule has 0 aromatic carbocycles. The molecule has 0 aromatic heterocycles. The smallest absolute Gasteiger partial charge is 0.305 e. The molecule has 5 heteroatoms. The molecule has 0 aliphatic heterocycles. The molecular formula is C27H43BrO4. The van der Waals surface area contributed by atoms with Crippen LogP contribution in [0.4, 0.5) is 0 Å². The summed E-state index contributed by atoms with van der Waals surface area (Å²) in [7, 11) is 1.48. The maximum Gasteiger partial charge on any atom is 0.305 e. The second kappa shape index (κ2) is 9.23. The van der Waals surface area contributed by atoms with Crippen molar-refractivity contribution in [1.82, 2.24) is 0 Å². The summed E-state index contributed by atoms with van der Waals surface area (Å²) in [4.78, 5) is 24.2. The van der Waals surface area contributed by atoms with Crippen LogP contribution < -0.4 is 0 Å². The monoisotopic (exact) mass is 510 g/mol. The number of hydrogen-bond acceptors (Lipinski definition) is 4. The van der Waals surface area contributed by atoms with E-state index in [1.54, 1.807) is 6.92 Å². The lowest BCUT2D eigenvalue weighted by molar-refractivity contribution is -0.185. The summed E-state index contributed by atoms with van der Waals surface area (Å²) in [5.41, 5.74) is 0.614. The molecule has 0 spiro atoms. The van der Waals surface area contributed by atoms with Crippen LogP contribution in [0.2, 0.25) is 0 Å². The number of rotatable bonds is 5. The minimum absolute atomic E-state index is 0.0116.